The van der Waals surface area contributed by atoms with Gasteiger partial charge in [0.2, 0.25) is 0 Å². The van der Waals surface area contributed by atoms with E-state index >= 15 is 0 Å². The highest BCUT2D eigenvalue weighted by Gasteiger charge is 2.12. The largest absolute Gasteiger partial charge is 0.497 e. The van der Waals surface area contributed by atoms with Crippen LogP contribution in [0.5, 0.6) is 11.5 Å². The maximum Gasteiger partial charge on any atom is 0.194 e. The number of aliphatic imine (C=N–C) groups is 1. The molecule has 0 spiro atoms. The highest BCUT2D eigenvalue weighted by Crippen LogP contribution is 2.25. The van der Waals surface area contributed by atoms with Gasteiger partial charge in [0.1, 0.15) is 24.4 Å². The maximum absolute atomic E-state index is 5.49. The van der Waals surface area contributed by atoms with E-state index in [1.165, 1.54) is 0 Å². The van der Waals surface area contributed by atoms with E-state index in [1.54, 1.807) is 20.5 Å². The molecule has 0 radical (unpaired) electrons. The van der Waals surface area contributed by atoms with Crippen LogP contribution in [-0.2, 0) is 19.6 Å². The zero-order valence-corrected chi connectivity index (χ0v) is 18.9. The molecule has 0 fully saturated rings. The van der Waals surface area contributed by atoms with E-state index in [1.807, 2.05) is 36.7 Å². The van der Waals surface area contributed by atoms with Crippen molar-refractivity contribution < 1.29 is 9.47 Å². The van der Waals surface area contributed by atoms with E-state index in [2.05, 4.69) is 27.3 Å². The van der Waals surface area contributed by atoms with Gasteiger partial charge in [-0.3, -0.25) is 0 Å². The van der Waals surface area contributed by atoms with Gasteiger partial charge in [-0.25, -0.2) is 4.99 Å². The number of halogens is 1. The molecule has 0 aliphatic carbocycles. The van der Waals surface area contributed by atoms with Crippen molar-refractivity contribution >= 4 is 29.9 Å². The van der Waals surface area contributed by atoms with E-state index in [0.29, 0.717) is 13.1 Å². The van der Waals surface area contributed by atoms with E-state index in [9.17, 15) is 0 Å². The summed E-state index contributed by atoms with van der Waals surface area (Å²) in [6.07, 6.45) is 1.73. The third-order valence-corrected chi connectivity index (χ3v) is 4.00. The van der Waals surface area contributed by atoms with E-state index in [0.717, 1.165) is 41.9 Å². The van der Waals surface area contributed by atoms with Gasteiger partial charge in [0, 0.05) is 38.3 Å². The summed E-state index contributed by atoms with van der Waals surface area (Å²) in [6, 6.07) is 5.82. The van der Waals surface area contributed by atoms with Gasteiger partial charge in [-0.15, -0.1) is 34.2 Å². The van der Waals surface area contributed by atoms with Gasteiger partial charge in [-0.05, 0) is 26.0 Å². The van der Waals surface area contributed by atoms with E-state index < -0.39 is 0 Å². The predicted molar refractivity (Wildman–Crippen MR) is 117 cm³/mol. The molecule has 0 saturated carbocycles. The van der Waals surface area contributed by atoms with Crippen molar-refractivity contribution in [1.82, 2.24) is 25.0 Å². The fraction of sp³-hybridized carbons (Fsp3) is 0.500. The molecular formula is C18H29IN6O2. The van der Waals surface area contributed by atoms with Crippen LogP contribution in [0.15, 0.2) is 29.5 Å². The van der Waals surface area contributed by atoms with Crippen LogP contribution in [0.4, 0.5) is 0 Å². The Morgan fingerprint density at radius 3 is 2.67 bits per heavy atom. The number of rotatable bonds is 8. The summed E-state index contributed by atoms with van der Waals surface area (Å²) in [4.78, 5) is 6.75. The predicted octanol–water partition coefficient (Wildman–Crippen LogP) is 2.53. The van der Waals surface area contributed by atoms with Crippen LogP contribution in [0.25, 0.3) is 0 Å². The second-order valence-corrected chi connectivity index (χ2v) is 5.74. The van der Waals surface area contributed by atoms with Crippen molar-refractivity contribution in [3.8, 4) is 11.5 Å². The molecule has 1 aromatic carbocycles. The minimum absolute atomic E-state index is 0. The number of nitrogens with zero attached hydrogens (tertiary/aromatic N) is 5. The minimum Gasteiger partial charge on any atom is -0.497 e. The minimum atomic E-state index is 0. The zero-order chi connectivity index (χ0) is 18.9. The molecule has 1 N–H and O–H groups in total. The highest BCUT2D eigenvalue weighted by molar-refractivity contribution is 14.0. The van der Waals surface area contributed by atoms with Crippen molar-refractivity contribution in [3.63, 3.8) is 0 Å². The van der Waals surface area contributed by atoms with Crippen molar-refractivity contribution in [3.05, 3.63) is 35.9 Å². The number of hydrogen-bond donors (Lipinski definition) is 1. The van der Waals surface area contributed by atoms with Gasteiger partial charge in [-0.1, -0.05) is 0 Å². The summed E-state index contributed by atoms with van der Waals surface area (Å²) in [6.45, 7) is 6.84. The van der Waals surface area contributed by atoms with Crippen LogP contribution in [0.1, 0.15) is 25.2 Å². The first-order valence-electron chi connectivity index (χ1n) is 8.69. The first kappa shape index (κ1) is 23.0. The van der Waals surface area contributed by atoms with Gasteiger partial charge >= 0.3 is 0 Å². The molecular weight excluding hydrogens is 459 g/mol. The number of ether oxygens (including phenoxy) is 2. The van der Waals surface area contributed by atoms with Gasteiger partial charge < -0.3 is 24.3 Å². The fourth-order valence-corrected chi connectivity index (χ4v) is 2.59. The summed E-state index contributed by atoms with van der Waals surface area (Å²) in [5.74, 6) is 3.21. The van der Waals surface area contributed by atoms with Crippen LogP contribution < -0.4 is 14.8 Å². The first-order chi connectivity index (χ1) is 12.6. The Kier molecular flexibility index (Phi) is 9.90. The van der Waals surface area contributed by atoms with Crippen molar-refractivity contribution in [2.24, 2.45) is 4.99 Å². The molecule has 0 saturated heterocycles. The lowest BCUT2D eigenvalue weighted by atomic mass is 10.2. The number of benzene rings is 1. The number of methoxy groups -OCH3 is 2. The Bertz CT molecular complexity index is 734. The fourth-order valence-electron chi connectivity index (χ4n) is 2.59. The van der Waals surface area contributed by atoms with Gasteiger partial charge in [-0.2, -0.15) is 0 Å². The molecule has 0 bridgehead atoms. The molecule has 1 heterocycles. The molecule has 0 atom stereocenters. The Morgan fingerprint density at radius 1 is 1.26 bits per heavy atom. The molecule has 2 rings (SSSR count). The molecule has 27 heavy (non-hydrogen) atoms. The quantitative estimate of drug-likeness (QED) is 0.350. The molecule has 150 valence electrons. The van der Waals surface area contributed by atoms with Crippen LogP contribution in [0.2, 0.25) is 0 Å². The van der Waals surface area contributed by atoms with Crippen LogP contribution in [-0.4, -0.2) is 53.4 Å². The lowest BCUT2D eigenvalue weighted by Gasteiger charge is -2.23. The lowest BCUT2D eigenvalue weighted by Crippen LogP contribution is -2.38. The average molecular weight is 488 g/mol. The number of guanidine groups is 1. The van der Waals surface area contributed by atoms with Gasteiger partial charge in [0.25, 0.3) is 0 Å². The SMILES string of the molecule is CCNC(=NCc1nncn1CC)N(C)Cc1ccc(OC)cc1OC.I. The highest BCUT2D eigenvalue weighted by atomic mass is 127. The standard InChI is InChI=1S/C18H28N6O2.HI/c1-6-19-18(20-11-17-22-21-13-24(17)7-2)23(3)12-14-8-9-15(25-4)10-16(14)26-5;/h8-10,13H,6-7,11-12H2,1-5H3,(H,19,20);1H. The lowest BCUT2D eigenvalue weighted by molar-refractivity contribution is 0.382. The molecule has 8 nitrogen and oxygen atoms in total. The molecule has 0 aliphatic heterocycles. The van der Waals surface area contributed by atoms with Crippen LogP contribution in [0.3, 0.4) is 0 Å². The molecule has 2 aromatic rings. The Balaban J connectivity index is 0.00000364. The van der Waals surface area contributed by atoms with Crippen molar-refractivity contribution in [1.29, 1.82) is 0 Å². The zero-order valence-electron chi connectivity index (χ0n) is 16.6. The third kappa shape index (κ3) is 6.26. The smallest absolute Gasteiger partial charge is 0.194 e. The third-order valence-electron chi connectivity index (χ3n) is 4.00. The van der Waals surface area contributed by atoms with E-state index in [4.69, 9.17) is 14.5 Å². The summed E-state index contributed by atoms with van der Waals surface area (Å²) >= 11 is 0. The topological polar surface area (TPSA) is 76.8 Å². The van der Waals surface area contributed by atoms with E-state index in [-0.39, 0.29) is 24.0 Å². The van der Waals surface area contributed by atoms with Crippen molar-refractivity contribution in [2.75, 3.05) is 27.8 Å². The second kappa shape index (κ2) is 11.6. The second-order valence-electron chi connectivity index (χ2n) is 5.74. The Hall–Kier alpha value is -2.04. The molecule has 0 amide bonds. The van der Waals surface area contributed by atoms with Gasteiger partial charge in [0.15, 0.2) is 11.8 Å². The molecule has 0 unspecified atom stereocenters. The summed E-state index contributed by atoms with van der Waals surface area (Å²) in [7, 11) is 5.30. The summed E-state index contributed by atoms with van der Waals surface area (Å²) < 4.78 is 12.7. The summed E-state index contributed by atoms with van der Waals surface area (Å²) in [5.41, 5.74) is 1.05. The number of aromatic nitrogens is 3. The molecule has 9 heteroatoms. The van der Waals surface area contributed by atoms with Crippen molar-refractivity contribution in [2.45, 2.75) is 33.5 Å². The van der Waals surface area contributed by atoms with Crippen LogP contribution >= 0.6 is 24.0 Å². The molecule has 0 aliphatic rings. The monoisotopic (exact) mass is 488 g/mol. The number of aryl methyl sites for hydroxylation is 1. The van der Waals surface area contributed by atoms with Crippen LogP contribution in [0, 0.1) is 0 Å². The van der Waals surface area contributed by atoms with Gasteiger partial charge in [0.05, 0.1) is 14.2 Å². The number of hydrogen-bond acceptors (Lipinski definition) is 5. The maximum atomic E-state index is 5.49. The summed E-state index contributed by atoms with van der Waals surface area (Å²) in [5, 5.41) is 11.4. The Labute approximate surface area is 178 Å². The molecule has 1 aromatic heterocycles. The Morgan fingerprint density at radius 2 is 2.04 bits per heavy atom. The normalized spacial score (nSPS) is 10.9. The first-order valence-corrected chi connectivity index (χ1v) is 8.69. The number of nitrogens with one attached hydrogen (secondary N) is 1. The average Bonchev–Trinajstić information content (AvgIpc) is 3.12.